The molecular weight excluding hydrogens is 406 g/mol. The number of likely N-dealkylation sites (N-methyl/N-ethyl adjacent to an activating group) is 1. The average molecular weight is 431 g/mol. The summed E-state index contributed by atoms with van der Waals surface area (Å²) in [6.07, 6.45) is 0. The Morgan fingerprint density at radius 3 is 2.31 bits per heavy atom. The Bertz CT molecular complexity index is 1130. The number of imide groups is 1. The smallest absolute Gasteiger partial charge is 0.255 e. The Hall–Kier alpha value is -3.48. The summed E-state index contributed by atoms with van der Waals surface area (Å²) in [5.74, 6) is -2.90. The maximum atomic E-state index is 13.6. The number of amides is 4. The number of likely N-dealkylation sites (tertiary alicyclic amines) is 2. The molecule has 3 saturated heterocycles. The maximum Gasteiger partial charge on any atom is 0.255 e. The topological polar surface area (TPSA) is 78.0 Å². The van der Waals surface area contributed by atoms with Crippen molar-refractivity contribution in [1.29, 1.82) is 0 Å². The number of carbonyl (C=O) groups excluding carboxylic acids is 4. The summed E-state index contributed by atoms with van der Waals surface area (Å²) in [6, 6.07) is 15.9. The Kier molecular flexibility index (Phi) is 4.48. The van der Waals surface area contributed by atoms with E-state index in [4.69, 9.17) is 0 Å². The van der Waals surface area contributed by atoms with Crippen molar-refractivity contribution in [3.8, 4) is 0 Å². The molecule has 32 heavy (non-hydrogen) atoms. The number of aryl methyl sites for hydroxylation is 1. The Balaban J connectivity index is 1.55. The first kappa shape index (κ1) is 20.4. The van der Waals surface area contributed by atoms with Crippen molar-refractivity contribution in [2.24, 2.45) is 11.8 Å². The van der Waals surface area contributed by atoms with Crippen LogP contribution >= 0.6 is 0 Å². The van der Waals surface area contributed by atoms with Gasteiger partial charge < -0.3 is 9.80 Å². The van der Waals surface area contributed by atoms with Gasteiger partial charge in [-0.3, -0.25) is 24.1 Å². The third kappa shape index (κ3) is 2.66. The van der Waals surface area contributed by atoms with Gasteiger partial charge in [0.2, 0.25) is 17.7 Å². The molecule has 3 fully saturated rings. The lowest BCUT2D eigenvalue weighted by Crippen LogP contribution is -2.67. The predicted molar refractivity (Wildman–Crippen MR) is 116 cm³/mol. The summed E-state index contributed by atoms with van der Waals surface area (Å²) in [4.78, 5) is 58.3. The molecule has 0 aliphatic carbocycles. The van der Waals surface area contributed by atoms with Gasteiger partial charge in [0.25, 0.3) is 5.91 Å². The zero-order valence-electron chi connectivity index (χ0n) is 18.3. The van der Waals surface area contributed by atoms with Crippen molar-refractivity contribution in [3.05, 3.63) is 71.3 Å². The molecule has 2 aromatic rings. The molecule has 4 atom stereocenters. The first-order valence-electron chi connectivity index (χ1n) is 10.8. The Labute approximate surface area is 186 Å². The van der Waals surface area contributed by atoms with E-state index in [1.165, 1.54) is 9.80 Å². The van der Waals surface area contributed by atoms with Gasteiger partial charge in [0.05, 0.1) is 24.4 Å². The van der Waals surface area contributed by atoms with E-state index in [1.807, 2.05) is 49.4 Å². The monoisotopic (exact) mass is 431 g/mol. The molecule has 0 spiro atoms. The summed E-state index contributed by atoms with van der Waals surface area (Å²) in [6.45, 7) is 3.98. The average Bonchev–Trinajstić information content (AvgIpc) is 3.16. The van der Waals surface area contributed by atoms with Crippen molar-refractivity contribution in [2.45, 2.75) is 32.0 Å². The third-order valence-electron chi connectivity index (χ3n) is 7.24. The van der Waals surface area contributed by atoms with Gasteiger partial charge in [0.15, 0.2) is 0 Å². The van der Waals surface area contributed by atoms with Gasteiger partial charge in [-0.05, 0) is 31.5 Å². The molecule has 0 saturated carbocycles. The highest BCUT2D eigenvalue weighted by Gasteiger charge is 2.73. The summed E-state index contributed by atoms with van der Waals surface area (Å²) in [5, 5.41) is 0. The summed E-state index contributed by atoms with van der Waals surface area (Å²) < 4.78 is 0. The molecule has 2 bridgehead atoms. The van der Waals surface area contributed by atoms with Gasteiger partial charge in [-0.15, -0.1) is 0 Å². The van der Waals surface area contributed by atoms with Crippen molar-refractivity contribution in [2.75, 3.05) is 13.6 Å². The van der Waals surface area contributed by atoms with E-state index in [0.29, 0.717) is 5.56 Å². The number of benzene rings is 2. The highest BCUT2D eigenvalue weighted by atomic mass is 16.2. The van der Waals surface area contributed by atoms with Crippen LogP contribution in [0.4, 0.5) is 0 Å². The minimum absolute atomic E-state index is 0.171. The van der Waals surface area contributed by atoms with Gasteiger partial charge in [0.1, 0.15) is 5.54 Å². The third-order valence-corrected chi connectivity index (χ3v) is 7.24. The summed E-state index contributed by atoms with van der Waals surface area (Å²) in [7, 11) is 1.67. The molecule has 4 amide bonds. The predicted octanol–water partition coefficient (Wildman–Crippen LogP) is 1.85. The van der Waals surface area contributed by atoms with Crippen LogP contribution in [0.3, 0.4) is 0 Å². The van der Waals surface area contributed by atoms with E-state index in [1.54, 1.807) is 31.0 Å². The fourth-order valence-electron chi connectivity index (χ4n) is 5.68. The molecule has 0 unspecified atom stereocenters. The number of carbonyl (C=O) groups is 4. The van der Waals surface area contributed by atoms with Crippen molar-refractivity contribution < 1.29 is 19.2 Å². The number of hydrogen-bond acceptors (Lipinski definition) is 4. The zero-order valence-corrected chi connectivity index (χ0v) is 18.3. The van der Waals surface area contributed by atoms with Crippen LogP contribution in [0.15, 0.2) is 54.6 Å². The second kappa shape index (κ2) is 7.02. The van der Waals surface area contributed by atoms with Gasteiger partial charge in [-0.1, -0.05) is 48.0 Å². The normalized spacial score (nSPS) is 29.0. The standard InChI is InChI=1S/C25H25N3O4/c1-15-9-11-17(12-10-15)21(29)28-18-14-26(3)24(32)25(28,2)20-19(18)22(30)27(23(20)31)13-16-7-5-4-6-8-16/h4-12,18-20H,13-14H2,1-3H3/t18-,19+,20-,25-/m1/s1. The van der Waals surface area contributed by atoms with Crippen LogP contribution in [0.2, 0.25) is 0 Å². The molecule has 0 aromatic heterocycles. The van der Waals surface area contributed by atoms with Crippen LogP contribution in [0.1, 0.15) is 28.4 Å². The van der Waals surface area contributed by atoms with Crippen LogP contribution in [0, 0.1) is 18.8 Å². The van der Waals surface area contributed by atoms with E-state index in [-0.39, 0.29) is 36.7 Å². The van der Waals surface area contributed by atoms with Crippen molar-refractivity contribution in [3.63, 3.8) is 0 Å². The quantitative estimate of drug-likeness (QED) is 0.695. The number of nitrogens with zero attached hydrogens (tertiary/aromatic N) is 3. The Morgan fingerprint density at radius 1 is 1.00 bits per heavy atom. The molecule has 2 aromatic carbocycles. The van der Waals surface area contributed by atoms with Crippen molar-refractivity contribution >= 4 is 23.6 Å². The molecule has 7 heteroatoms. The molecule has 0 N–H and O–H groups in total. The highest BCUT2D eigenvalue weighted by molar-refractivity contribution is 6.13. The molecule has 0 radical (unpaired) electrons. The minimum atomic E-state index is -1.40. The highest BCUT2D eigenvalue weighted by Crippen LogP contribution is 2.52. The second-order valence-corrected chi connectivity index (χ2v) is 9.19. The fourth-order valence-corrected chi connectivity index (χ4v) is 5.68. The van der Waals surface area contributed by atoms with Crippen LogP contribution in [0.5, 0.6) is 0 Å². The van der Waals surface area contributed by atoms with Gasteiger partial charge >= 0.3 is 0 Å². The van der Waals surface area contributed by atoms with Crippen LogP contribution < -0.4 is 0 Å². The number of hydrogen-bond donors (Lipinski definition) is 0. The van der Waals surface area contributed by atoms with Crippen molar-refractivity contribution in [1.82, 2.24) is 14.7 Å². The summed E-state index contributed by atoms with van der Waals surface area (Å²) >= 11 is 0. The van der Waals surface area contributed by atoms with Crippen LogP contribution in [0.25, 0.3) is 0 Å². The lowest BCUT2D eigenvalue weighted by atomic mass is 9.81. The summed E-state index contributed by atoms with van der Waals surface area (Å²) in [5.41, 5.74) is 0.914. The second-order valence-electron chi connectivity index (χ2n) is 9.19. The zero-order chi connectivity index (χ0) is 22.8. The Morgan fingerprint density at radius 2 is 1.66 bits per heavy atom. The SMILES string of the molecule is Cc1ccc(C(=O)N2[C@@H]3CN(C)C(=O)[C@@]2(C)[C@H]2C(=O)N(Cc4ccccc4)C(=O)[C@@H]32)cc1. The van der Waals surface area contributed by atoms with E-state index in [9.17, 15) is 19.2 Å². The van der Waals surface area contributed by atoms with E-state index >= 15 is 0 Å². The van der Waals surface area contributed by atoms with Gasteiger partial charge in [-0.2, -0.15) is 0 Å². The van der Waals surface area contributed by atoms with Gasteiger partial charge in [0, 0.05) is 19.2 Å². The van der Waals surface area contributed by atoms with Gasteiger partial charge in [-0.25, -0.2) is 0 Å². The maximum absolute atomic E-state index is 13.6. The molecule has 5 rings (SSSR count). The largest absolute Gasteiger partial charge is 0.342 e. The molecule has 3 aliphatic heterocycles. The molecule has 7 nitrogen and oxygen atoms in total. The van der Waals surface area contributed by atoms with E-state index in [2.05, 4.69) is 0 Å². The lowest BCUT2D eigenvalue weighted by Gasteiger charge is -2.47. The fraction of sp³-hybridized carbons (Fsp3) is 0.360. The number of rotatable bonds is 3. The van der Waals surface area contributed by atoms with E-state index < -0.39 is 23.4 Å². The number of piperazine rings is 1. The van der Waals surface area contributed by atoms with E-state index in [0.717, 1.165) is 11.1 Å². The molecule has 3 aliphatic rings. The first-order valence-corrected chi connectivity index (χ1v) is 10.8. The number of fused-ring (bicyclic) bond motifs is 5. The lowest BCUT2D eigenvalue weighted by molar-refractivity contribution is -0.154. The minimum Gasteiger partial charge on any atom is -0.342 e. The molecule has 3 heterocycles. The molecular formula is C25H25N3O4. The molecule has 164 valence electrons. The first-order chi connectivity index (χ1) is 15.2. The van der Waals surface area contributed by atoms with Crippen LogP contribution in [-0.4, -0.2) is 63.5 Å². The van der Waals surface area contributed by atoms with Crippen LogP contribution in [-0.2, 0) is 20.9 Å².